The molecule has 1 saturated heterocycles. The van der Waals surface area contributed by atoms with Gasteiger partial charge in [0.15, 0.2) is 0 Å². The predicted octanol–water partition coefficient (Wildman–Crippen LogP) is 1.95. The van der Waals surface area contributed by atoms with E-state index in [-0.39, 0.29) is 6.54 Å². The third-order valence-corrected chi connectivity index (χ3v) is 3.45. The third kappa shape index (κ3) is 9.24. The Balaban J connectivity index is 2.34. The molecule has 0 aromatic carbocycles. The summed E-state index contributed by atoms with van der Waals surface area (Å²) in [6.07, 6.45) is -1.74. The lowest BCUT2D eigenvalue weighted by Crippen LogP contribution is -2.35. The van der Waals surface area contributed by atoms with Crippen LogP contribution in [-0.4, -0.2) is 68.8 Å². The minimum absolute atomic E-state index is 0.132. The topological polar surface area (TPSA) is 18.5 Å². The minimum Gasteiger partial charge on any atom is -0.317 e. The molecule has 1 aliphatic heterocycles. The number of hydrogen-bond donors (Lipinski definition) is 1. The fraction of sp³-hybridized carbons (Fsp3) is 1.00. The molecule has 0 radical (unpaired) electrons. The normalized spacial score (nSPS) is 22.7. The first-order valence-corrected chi connectivity index (χ1v) is 7.16. The van der Waals surface area contributed by atoms with Gasteiger partial charge >= 0.3 is 6.18 Å². The van der Waals surface area contributed by atoms with E-state index in [1.807, 2.05) is 4.90 Å². The maximum atomic E-state index is 12.3. The zero-order chi connectivity index (χ0) is 14.1. The van der Waals surface area contributed by atoms with Gasteiger partial charge in [-0.05, 0) is 65.6 Å². The van der Waals surface area contributed by atoms with Crippen LogP contribution >= 0.6 is 0 Å². The van der Waals surface area contributed by atoms with E-state index in [1.54, 1.807) is 0 Å². The van der Waals surface area contributed by atoms with Crippen LogP contribution in [-0.2, 0) is 0 Å². The van der Waals surface area contributed by atoms with Crippen molar-refractivity contribution < 1.29 is 13.2 Å². The summed E-state index contributed by atoms with van der Waals surface area (Å²) in [6.45, 7) is 5.55. The van der Waals surface area contributed by atoms with Gasteiger partial charge in [0.05, 0.1) is 6.42 Å². The second kappa shape index (κ2) is 8.76. The van der Waals surface area contributed by atoms with Crippen molar-refractivity contribution in [2.75, 3.05) is 52.9 Å². The van der Waals surface area contributed by atoms with Crippen LogP contribution in [0, 0.1) is 0 Å². The highest BCUT2D eigenvalue weighted by atomic mass is 19.4. The molecule has 1 heterocycles. The number of nitrogens with zero attached hydrogens (tertiary/aromatic N) is 2. The molecule has 0 aliphatic carbocycles. The van der Waals surface area contributed by atoms with Crippen molar-refractivity contribution in [1.82, 2.24) is 15.1 Å². The number of nitrogens with one attached hydrogen (secondary N) is 1. The van der Waals surface area contributed by atoms with Gasteiger partial charge in [0, 0.05) is 6.54 Å². The number of alkyl halides is 3. The van der Waals surface area contributed by atoms with E-state index in [0.29, 0.717) is 0 Å². The van der Waals surface area contributed by atoms with Gasteiger partial charge in [-0.1, -0.05) is 0 Å². The Bertz CT molecular complexity index is 234. The summed E-state index contributed by atoms with van der Waals surface area (Å²) in [4.78, 5) is 4.20. The Morgan fingerprint density at radius 2 is 1.53 bits per heavy atom. The van der Waals surface area contributed by atoms with Gasteiger partial charge in [-0.2, -0.15) is 13.2 Å². The highest BCUT2D eigenvalue weighted by Gasteiger charge is 2.27. The lowest BCUT2D eigenvalue weighted by Gasteiger charge is -2.25. The van der Waals surface area contributed by atoms with Crippen LogP contribution in [0.15, 0.2) is 0 Å². The Hall–Kier alpha value is -0.330. The Morgan fingerprint density at radius 3 is 2.21 bits per heavy atom. The summed E-state index contributed by atoms with van der Waals surface area (Å²) < 4.78 is 36.8. The smallest absolute Gasteiger partial charge is 0.317 e. The monoisotopic (exact) mass is 281 g/mol. The summed E-state index contributed by atoms with van der Waals surface area (Å²) in [7, 11) is 2.08. The molecule has 6 heteroatoms. The van der Waals surface area contributed by atoms with Crippen LogP contribution in [0.5, 0.6) is 0 Å². The molecule has 0 amide bonds. The van der Waals surface area contributed by atoms with E-state index in [0.717, 1.165) is 58.5 Å². The molecule has 0 saturated carbocycles. The lowest BCUT2D eigenvalue weighted by atomic mass is 10.2. The SMILES string of the molecule is CN1CCCNCCCN(CCC(F)(F)F)CCC1. The maximum Gasteiger partial charge on any atom is 0.390 e. The van der Waals surface area contributed by atoms with Crippen molar-refractivity contribution in [3.63, 3.8) is 0 Å². The molecular formula is C13H26F3N3. The zero-order valence-corrected chi connectivity index (χ0v) is 11.8. The molecule has 1 aliphatic rings. The van der Waals surface area contributed by atoms with Gasteiger partial charge in [-0.25, -0.2) is 0 Å². The summed E-state index contributed by atoms with van der Waals surface area (Å²) >= 11 is 0. The fourth-order valence-corrected chi connectivity index (χ4v) is 2.32. The first-order chi connectivity index (χ1) is 8.97. The van der Waals surface area contributed by atoms with Crippen molar-refractivity contribution in [2.24, 2.45) is 0 Å². The number of rotatable bonds is 2. The minimum atomic E-state index is -4.04. The number of halogens is 3. The molecular weight excluding hydrogens is 255 g/mol. The summed E-state index contributed by atoms with van der Waals surface area (Å²) in [6, 6.07) is 0. The summed E-state index contributed by atoms with van der Waals surface area (Å²) in [5, 5.41) is 3.34. The van der Waals surface area contributed by atoms with Crippen molar-refractivity contribution in [3.8, 4) is 0 Å². The second-order valence-electron chi connectivity index (χ2n) is 5.32. The highest BCUT2D eigenvalue weighted by Crippen LogP contribution is 2.19. The second-order valence-corrected chi connectivity index (χ2v) is 5.32. The van der Waals surface area contributed by atoms with Crippen LogP contribution < -0.4 is 5.32 Å². The van der Waals surface area contributed by atoms with E-state index in [9.17, 15) is 13.2 Å². The van der Waals surface area contributed by atoms with E-state index < -0.39 is 12.6 Å². The molecule has 1 fully saturated rings. The van der Waals surface area contributed by atoms with Gasteiger partial charge in [-0.3, -0.25) is 0 Å². The Kier molecular flexibility index (Phi) is 7.71. The van der Waals surface area contributed by atoms with Crippen LogP contribution in [0.3, 0.4) is 0 Å². The van der Waals surface area contributed by atoms with Gasteiger partial charge in [-0.15, -0.1) is 0 Å². The molecule has 0 unspecified atom stereocenters. The van der Waals surface area contributed by atoms with Crippen LogP contribution in [0.25, 0.3) is 0 Å². The standard InChI is InChI=1S/C13H26F3N3/c1-18-8-2-6-17-7-3-10-19(11-4-9-18)12-5-13(14,15)16/h17H,2-12H2,1H3. The van der Waals surface area contributed by atoms with E-state index in [2.05, 4.69) is 17.3 Å². The van der Waals surface area contributed by atoms with E-state index >= 15 is 0 Å². The van der Waals surface area contributed by atoms with Crippen molar-refractivity contribution in [1.29, 1.82) is 0 Å². The van der Waals surface area contributed by atoms with Crippen LogP contribution in [0.2, 0.25) is 0 Å². The summed E-state index contributed by atoms with van der Waals surface area (Å²) in [5.41, 5.74) is 0. The Labute approximate surface area is 114 Å². The molecule has 19 heavy (non-hydrogen) atoms. The van der Waals surface area contributed by atoms with Crippen LogP contribution in [0.4, 0.5) is 13.2 Å². The average molecular weight is 281 g/mol. The maximum absolute atomic E-state index is 12.3. The molecule has 1 N–H and O–H groups in total. The van der Waals surface area contributed by atoms with Crippen LogP contribution in [0.1, 0.15) is 25.7 Å². The van der Waals surface area contributed by atoms with Gasteiger partial charge in [0.1, 0.15) is 0 Å². The molecule has 0 atom stereocenters. The Morgan fingerprint density at radius 1 is 0.947 bits per heavy atom. The molecule has 114 valence electrons. The van der Waals surface area contributed by atoms with Gasteiger partial charge in [0.2, 0.25) is 0 Å². The zero-order valence-electron chi connectivity index (χ0n) is 11.8. The largest absolute Gasteiger partial charge is 0.390 e. The van der Waals surface area contributed by atoms with Crippen molar-refractivity contribution in [2.45, 2.75) is 31.9 Å². The van der Waals surface area contributed by atoms with E-state index in [1.165, 1.54) is 0 Å². The molecule has 0 spiro atoms. The van der Waals surface area contributed by atoms with E-state index in [4.69, 9.17) is 0 Å². The first kappa shape index (κ1) is 16.7. The summed E-state index contributed by atoms with van der Waals surface area (Å²) in [5.74, 6) is 0. The first-order valence-electron chi connectivity index (χ1n) is 7.16. The van der Waals surface area contributed by atoms with Gasteiger partial charge < -0.3 is 15.1 Å². The third-order valence-electron chi connectivity index (χ3n) is 3.45. The van der Waals surface area contributed by atoms with Crippen molar-refractivity contribution in [3.05, 3.63) is 0 Å². The molecule has 1 rings (SSSR count). The quantitative estimate of drug-likeness (QED) is 0.834. The fourth-order valence-electron chi connectivity index (χ4n) is 2.32. The average Bonchev–Trinajstić information content (AvgIpc) is 2.30. The van der Waals surface area contributed by atoms with Gasteiger partial charge in [0.25, 0.3) is 0 Å². The molecule has 0 bridgehead atoms. The molecule has 0 aromatic rings. The molecule has 0 aromatic heterocycles. The number of hydrogen-bond acceptors (Lipinski definition) is 3. The lowest BCUT2D eigenvalue weighted by molar-refractivity contribution is -0.138. The molecule has 3 nitrogen and oxygen atoms in total. The van der Waals surface area contributed by atoms with Crippen molar-refractivity contribution >= 4 is 0 Å². The highest BCUT2D eigenvalue weighted by molar-refractivity contribution is 4.65. The predicted molar refractivity (Wildman–Crippen MR) is 71.3 cm³/mol.